The van der Waals surface area contributed by atoms with E-state index in [1.165, 1.54) is 0 Å². The molecule has 3 heteroatoms. The first-order valence-electron chi connectivity index (χ1n) is 5.78. The Morgan fingerprint density at radius 2 is 2.31 bits per heavy atom. The molecule has 0 aromatic heterocycles. The number of fused-ring (bicyclic) bond motifs is 1. The van der Waals surface area contributed by atoms with Gasteiger partial charge in [-0.2, -0.15) is 0 Å². The Balaban J connectivity index is 2.33. The molecule has 0 radical (unpaired) electrons. The molecule has 0 bridgehead atoms. The molecule has 1 aliphatic rings. The first-order chi connectivity index (χ1) is 7.54. The maximum Gasteiger partial charge on any atom is 0.124 e. The van der Waals surface area contributed by atoms with Crippen molar-refractivity contribution in [3.05, 3.63) is 28.2 Å². The van der Waals surface area contributed by atoms with E-state index in [4.69, 9.17) is 10.5 Å². The van der Waals surface area contributed by atoms with Crippen molar-refractivity contribution < 1.29 is 4.74 Å². The Bertz CT molecular complexity index is 394. The predicted octanol–water partition coefficient (Wildman–Crippen LogP) is 3.79. The van der Waals surface area contributed by atoms with Crippen LogP contribution < -0.4 is 10.5 Å². The predicted molar refractivity (Wildman–Crippen MR) is 69.6 cm³/mol. The monoisotopic (exact) mass is 283 g/mol. The van der Waals surface area contributed by atoms with Crippen LogP contribution in [0.25, 0.3) is 0 Å². The van der Waals surface area contributed by atoms with Crippen molar-refractivity contribution in [1.82, 2.24) is 0 Å². The number of nitrogens with two attached hydrogens (primary N) is 1. The fourth-order valence-electron chi connectivity index (χ4n) is 2.47. The Kier molecular flexibility index (Phi) is 3.27. The third kappa shape index (κ3) is 2.25. The van der Waals surface area contributed by atoms with Gasteiger partial charge < -0.3 is 10.5 Å². The lowest BCUT2D eigenvalue weighted by molar-refractivity contribution is 0.0448. The third-order valence-electron chi connectivity index (χ3n) is 3.16. The summed E-state index contributed by atoms with van der Waals surface area (Å²) in [4.78, 5) is 0. The minimum absolute atomic E-state index is 0.0813. The van der Waals surface area contributed by atoms with Gasteiger partial charge in [0.05, 0.1) is 0 Å². The minimum Gasteiger partial charge on any atom is -0.487 e. The number of halogens is 1. The molecule has 0 fully saturated rings. The lowest BCUT2D eigenvalue weighted by atomic mass is 9.86. The van der Waals surface area contributed by atoms with E-state index >= 15 is 0 Å². The number of rotatable bonds is 2. The van der Waals surface area contributed by atoms with Crippen LogP contribution in [0.4, 0.5) is 0 Å². The zero-order valence-electron chi connectivity index (χ0n) is 9.79. The highest BCUT2D eigenvalue weighted by molar-refractivity contribution is 9.10. The Morgan fingerprint density at radius 3 is 3.00 bits per heavy atom. The highest BCUT2D eigenvalue weighted by Gasteiger charge is 2.34. The van der Waals surface area contributed by atoms with Gasteiger partial charge in [-0.3, -0.25) is 0 Å². The molecule has 0 saturated heterocycles. The fourth-order valence-corrected chi connectivity index (χ4v) is 2.85. The summed E-state index contributed by atoms with van der Waals surface area (Å²) in [5.74, 6) is 0.943. The van der Waals surface area contributed by atoms with Crippen molar-refractivity contribution in [2.75, 3.05) is 0 Å². The Hall–Kier alpha value is -0.540. The average Bonchev–Trinajstić information content (AvgIpc) is 2.19. The summed E-state index contributed by atoms with van der Waals surface area (Å²) in [6, 6.07) is 6.15. The van der Waals surface area contributed by atoms with Crippen LogP contribution in [0.1, 0.15) is 44.7 Å². The molecule has 2 atom stereocenters. The van der Waals surface area contributed by atoms with Gasteiger partial charge in [-0.1, -0.05) is 29.3 Å². The van der Waals surface area contributed by atoms with Crippen LogP contribution >= 0.6 is 15.9 Å². The van der Waals surface area contributed by atoms with Gasteiger partial charge in [-0.25, -0.2) is 0 Å². The van der Waals surface area contributed by atoms with Gasteiger partial charge >= 0.3 is 0 Å². The fraction of sp³-hybridized carbons (Fsp3) is 0.538. The third-order valence-corrected chi connectivity index (χ3v) is 3.65. The van der Waals surface area contributed by atoms with E-state index in [-0.39, 0.29) is 11.6 Å². The van der Waals surface area contributed by atoms with Gasteiger partial charge in [-0.15, -0.1) is 0 Å². The van der Waals surface area contributed by atoms with E-state index in [1.54, 1.807) is 0 Å². The minimum atomic E-state index is -0.102. The van der Waals surface area contributed by atoms with Crippen LogP contribution in [0.15, 0.2) is 22.7 Å². The normalized spacial score (nSPS) is 28.4. The van der Waals surface area contributed by atoms with Crippen LogP contribution in [-0.4, -0.2) is 5.60 Å². The molecule has 88 valence electrons. The first kappa shape index (κ1) is 11.9. The molecule has 0 amide bonds. The van der Waals surface area contributed by atoms with Gasteiger partial charge in [0, 0.05) is 22.5 Å². The summed E-state index contributed by atoms with van der Waals surface area (Å²) < 4.78 is 7.14. The van der Waals surface area contributed by atoms with Crippen molar-refractivity contribution >= 4 is 15.9 Å². The molecular weight excluding hydrogens is 266 g/mol. The molecule has 0 saturated carbocycles. The van der Waals surface area contributed by atoms with Crippen molar-refractivity contribution in [2.24, 2.45) is 5.73 Å². The summed E-state index contributed by atoms with van der Waals surface area (Å²) in [6.07, 6.45) is 3.07. The maximum absolute atomic E-state index is 6.22. The topological polar surface area (TPSA) is 35.2 Å². The van der Waals surface area contributed by atoms with Gasteiger partial charge in [0.2, 0.25) is 0 Å². The molecule has 1 heterocycles. The van der Waals surface area contributed by atoms with Gasteiger partial charge in [0.1, 0.15) is 11.4 Å². The summed E-state index contributed by atoms with van der Waals surface area (Å²) in [5.41, 5.74) is 7.23. The number of benzene rings is 1. The molecule has 2 rings (SSSR count). The Labute approximate surface area is 105 Å². The Morgan fingerprint density at radius 1 is 1.56 bits per heavy atom. The summed E-state index contributed by atoms with van der Waals surface area (Å²) >= 11 is 3.47. The van der Waals surface area contributed by atoms with E-state index < -0.39 is 0 Å². The highest BCUT2D eigenvalue weighted by atomic mass is 79.9. The first-order valence-corrected chi connectivity index (χ1v) is 6.57. The second-order valence-electron chi connectivity index (χ2n) is 4.79. The standard InChI is InChI=1S/C13H18BrNO/c1-3-6-13(2)8-11(15)10-7-9(14)4-5-12(10)16-13/h4-5,7,11H,3,6,8,15H2,1-2H3. The number of ether oxygens (including phenoxy) is 1. The zero-order chi connectivity index (χ0) is 11.8. The molecular formula is C13H18BrNO. The molecule has 2 N–H and O–H groups in total. The molecule has 1 aliphatic heterocycles. The van der Waals surface area contributed by atoms with Crippen molar-refractivity contribution in [1.29, 1.82) is 0 Å². The zero-order valence-corrected chi connectivity index (χ0v) is 11.4. The van der Waals surface area contributed by atoms with E-state index in [1.807, 2.05) is 12.1 Å². The second-order valence-corrected chi connectivity index (χ2v) is 5.71. The molecule has 2 unspecified atom stereocenters. The molecule has 2 nitrogen and oxygen atoms in total. The number of hydrogen-bond acceptors (Lipinski definition) is 2. The lowest BCUT2D eigenvalue weighted by Gasteiger charge is -2.38. The average molecular weight is 284 g/mol. The maximum atomic E-state index is 6.22. The van der Waals surface area contributed by atoms with Crippen LogP contribution in [0.3, 0.4) is 0 Å². The van der Waals surface area contributed by atoms with Gasteiger partial charge in [0.25, 0.3) is 0 Å². The largest absolute Gasteiger partial charge is 0.487 e. The van der Waals surface area contributed by atoms with Crippen molar-refractivity contribution in [2.45, 2.75) is 44.8 Å². The van der Waals surface area contributed by atoms with Crippen LogP contribution in [0, 0.1) is 0 Å². The lowest BCUT2D eigenvalue weighted by Crippen LogP contribution is -2.40. The van der Waals surface area contributed by atoms with E-state index in [0.29, 0.717) is 0 Å². The summed E-state index contributed by atoms with van der Waals surface area (Å²) in [5, 5.41) is 0. The van der Waals surface area contributed by atoms with E-state index in [9.17, 15) is 0 Å². The smallest absolute Gasteiger partial charge is 0.124 e. The van der Waals surface area contributed by atoms with E-state index in [0.717, 1.165) is 35.0 Å². The van der Waals surface area contributed by atoms with E-state index in [2.05, 4.69) is 35.8 Å². The molecule has 0 spiro atoms. The van der Waals surface area contributed by atoms with Gasteiger partial charge in [0.15, 0.2) is 0 Å². The quantitative estimate of drug-likeness (QED) is 0.896. The van der Waals surface area contributed by atoms with Crippen molar-refractivity contribution in [3.8, 4) is 5.75 Å². The van der Waals surface area contributed by atoms with Crippen LogP contribution in [0.5, 0.6) is 5.75 Å². The van der Waals surface area contributed by atoms with Gasteiger partial charge in [-0.05, 0) is 31.5 Å². The molecule has 0 aliphatic carbocycles. The summed E-state index contributed by atoms with van der Waals surface area (Å²) in [7, 11) is 0. The van der Waals surface area contributed by atoms with Crippen LogP contribution in [-0.2, 0) is 0 Å². The SMILES string of the molecule is CCCC1(C)CC(N)c2cc(Br)ccc2O1. The molecule has 16 heavy (non-hydrogen) atoms. The molecule has 1 aromatic rings. The van der Waals surface area contributed by atoms with Crippen molar-refractivity contribution in [3.63, 3.8) is 0 Å². The summed E-state index contributed by atoms with van der Waals surface area (Å²) in [6.45, 7) is 4.33. The highest BCUT2D eigenvalue weighted by Crippen LogP contribution is 2.41. The number of hydrogen-bond donors (Lipinski definition) is 1. The van der Waals surface area contributed by atoms with Crippen LogP contribution in [0.2, 0.25) is 0 Å². The second kappa shape index (κ2) is 4.38. The molecule has 1 aromatic carbocycles.